The van der Waals surface area contributed by atoms with E-state index in [1.54, 1.807) is 6.07 Å². The fraction of sp³-hybridized carbons (Fsp3) is 0.333. The van der Waals surface area contributed by atoms with Crippen molar-refractivity contribution in [2.24, 2.45) is 5.92 Å². The van der Waals surface area contributed by atoms with Crippen molar-refractivity contribution in [2.45, 2.75) is 26.3 Å². The van der Waals surface area contributed by atoms with Crippen molar-refractivity contribution >= 4 is 22.6 Å². The summed E-state index contributed by atoms with van der Waals surface area (Å²) in [5, 5.41) is 4.66. The third kappa shape index (κ3) is 3.64. The Morgan fingerprint density at radius 3 is 2.45 bits per heavy atom. The molecule has 0 heterocycles. The molecule has 2 aromatic carbocycles. The zero-order chi connectivity index (χ0) is 16.1. The number of ether oxygens (including phenoxy) is 1. The predicted molar refractivity (Wildman–Crippen MR) is 86.7 cm³/mol. The molecule has 0 aliphatic rings. The number of hydrogen-bond acceptors (Lipinski definition) is 3. The number of rotatable bonds is 5. The van der Waals surface area contributed by atoms with Gasteiger partial charge in [-0.05, 0) is 29.2 Å². The highest BCUT2D eigenvalue weighted by Crippen LogP contribution is 2.19. The number of carbonyl (C=O) groups excluding carboxylic acids is 2. The molecule has 0 saturated carbocycles. The Labute approximate surface area is 130 Å². The van der Waals surface area contributed by atoms with Gasteiger partial charge in [-0.1, -0.05) is 50.2 Å². The van der Waals surface area contributed by atoms with Crippen molar-refractivity contribution in [2.75, 3.05) is 7.11 Å². The normalized spacial score (nSPS) is 12.2. The number of hydrogen-bond donors (Lipinski definition) is 1. The lowest BCUT2D eigenvalue weighted by molar-refractivity contribution is -0.143. The molecule has 0 aliphatic heterocycles. The van der Waals surface area contributed by atoms with Crippen molar-refractivity contribution in [1.82, 2.24) is 5.32 Å². The minimum absolute atomic E-state index is 0.257. The van der Waals surface area contributed by atoms with E-state index in [0.29, 0.717) is 12.0 Å². The van der Waals surface area contributed by atoms with Crippen molar-refractivity contribution in [3.8, 4) is 0 Å². The molecule has 4 nitrogen and oxygen atoms in total. The number of esters is 1. The molecule has 0 spiro atoms. The molecule has 116 valence electrons. The Bertz CT molecular complexity index is 674. The average Bonchev–Trinajstić information content (AvgIpc) is 2.52. The molecule has 22 heavy (non-hydrogen) atoms. The van der Waals surface area contributed by atoms with Crippen LogP contribution in [-0.4, -0.2) is 25.0 Å². The highest BCUT2D eigenvalue weighted by Gasteiger charge is 2.23. The van der Waals surface area contributed by atoms with Crippen LogP contribution in [0, 0.1) is 5.92 Å². The monoisotopic (exact) mass is 299 g/mol. The second-order valence-corrected chi connectivity index (χ2v) is 5.71. The standard InChI is InChI=1S/C18H21NO3/c1-12(2)11-16(18(21)22-3)19-17(20)15-10-6-8-13-7-4-5-9-14(13)15/h4-10,12,16H,11H2,1-3H3,(H,19,20). The fourth-order valence-corrected chi connectivity index (χ4v) is 2.49. The summed E-state index contributed by atoms with van der Waals surface area (Å²) in [4.78, 5) is 24.4. The van der Waals surface area contributed by atoms with Gasteiger partial charge in [0.2, 0.25) is 0 Å². The first-order valence-corrected chi connectivity index (χ1v) is 7.39. The third-order valence-corrected chi connectivity index (χ3v) is 3.53. The topological polar surface area (TPSA) is 55.4 Å². The van der Waals surface area contributed by atoms with Gasteiger partial charge in [0.25, 0.3) is 5.91 Å². The molecule has 1 atom stereocenters. The lowest BCUT2D eigenvalue weighted by atomic mass is 10.0. The second-order valence-electron chi connectivity index (χ2n) is 5.71. The molecule has 1 N–H and O–H groups in total. The van der Waals surface area contributed by atoms with E-state index in [1.807, 2.05) is 50.2 Å². The minimum atomic E-state index is -0.628. The molecule has 0 aliphatic carbocycles. The van der Waals surface area contributed by atoms with Gasteiger partial charge in [0, 0.05) is 5.56 Å². The summed E-state index contributed by atoms with van der Waals surface area (Å²) in [5.74, 6) is -0.396. The van der Waals surface area contributed by atoms with E-state index >= 15 is 0 Å². The highest BCUT2D eigenvalue weighted by atomic mass is 16.5. The summed E-state index contributed by atoms with van der Waals surface area (Å²) in [6, 6.07) is 12.6. The lowest BCUT2D eigenvalue weighted by Gasteiger charge is -2.18. The van der Waals surface area contributed by atoms with Crippen LogP contribution in [-0.2, 0) is 9.53 Å². The van der Waals surface area contributed by atoms with E-state index in [0.717, 1.165) is 10.8 Å². The quantitative estimate of drug-likeness (QED) is 0.863. The van der Waals surface area contributed by atoms with Gasteiger partial charge in [-0.3, -0.25) is 4.79 Å². The summed E-state index contributed by atoms with van der Waals surface area (Å²) in [6.45, 7) is 4.00. The Morgan fingerprint density at radius 2 is 1.77 bits per heavy atom. The zero-order valence-electron chi connectivity index (χ0n) is 13.1. The van der Waals surface area contributed by atoms with Gasteiger partial charge in [-0.25, -0.2) is 4.79 Å². The number of nitrogens with one attached hydrogen (secondary N) is 1. The van der Waals surface area contributed by atoms with Crippen molar-refractivity contribution in [3.05, 3.63) is 48.0 Å². The molecule has 0 bridgehead atoms. The number of methoxy groups -OCH3 is 1. The van der Waals surface area contributed by atoms with Crippen LogP contribution in [0.1, 0.15) is 30.6 Å². The van der Waals surface area contributed by atoms with E-state index in [2.05, 4.69) is 5.32 Å². The first-order valence-electron chi connectivity index (χ1n) is 7.39. The Balaban J connectivity index is 2.27. The molecular weight excluding hydrogens is 278 g/mol. The predicted octanol–water partition coefficient (Wildman–Crippen LogP) is 3.16. The molecule has 0 radical (unpaired) electrons. The number of benzene rings is 2. The molecule has 1 amide bonds. The third-order valence-electron chi connectivity index (χ3n) is 3.53. The smallest absolute Gasteiger partial charge is 0.328 e. The van der Waals surface area contributed by atoms with Gasteiger partial charge in [0.05, 0.1) is 7.11 Å². The molecule has 4 heteroatoms. The van der Waals surface area contributed by atoms with Crippen LogP contribution in [0.5, 0.6) is 0 Å². The van der Waals surface area contributed by atoms with Crippen LogP contribution in [0.2, 0.25) is 0 Å². The van der Waals surface area contributed by atoms with Crippen molar-refractivity contribution < 1.29 is 14.3 Å². The fourth-order valence-electron chi connectivity index (χ4n) is 2.49. The Morgan fingerprint density at radius 1 is 1.09 bits per heavy atom. The van der Waals surface area contributed by atoms with Crippen LogP contribution in [0.25, 0.3) is 10.8 Å². The van der Waals surface area contributed by atoms with Crippen molar-refractivity contribution in [3.63, 3.8) is 0 Å². The second kappa shape index (κ2) is 7.07. The van der Waals surface area contributed by atoms with E-state index in [1.165, 1.54) is 7.11 Å². The van der Waals surface area contributed by atoms with Gasteiger partial charge in [0.1, 0.15) is 6.04 Å². The van der Waals surface area contributed by atoms with E-state index in [-0.39, 0.29) is 11.8 Å². The van der Waals surface area contributed by atoms with Gasteiger partial charge in [-0.2, -0.15) is 0 Å². The molecule has 2 rings (SSSR count). The SMILES string of the molecule is COC(=O)C(CC(C)C)NC(=O)c1cccc2ccccc12. The minimum Gasteiger partial charge on any atom is -0.467 e. The first kappa shape index (κ1) is 16.0. The zero-order valence-corrected chi connectivity index (χ0v) is 13.1. The lowest BCUT2D eigenvalue weighted by Crippen LogP contribution is -2.42. The highest BCUT2D eigenvalue weighted by molar-refractivity contribution is 6.07. The van der Waals surface area contributed by atoms with Crippen LogP contribution < -0.4 is 5.32 Å². The largest absolute Gasteiger partial charge is 0.467 e. The van der Waals surface area contributed by atoms with E-state index in [4.69, 9.17) is 4.74 Å². The number of fused-ring (bicyclic) bond motifs is 1. The summed E-state index contributed by atoms with van der Waals surface area (Å²) < 4.78 is 4.78. The van der Waals surface area contributed by atoms with Crippen molar-refractivity contribution in [1.29, 1.82) is 0 Å². The Kier molecular flexibility index (Phi) is 5.15. The maximum Gasteiger partial charge on any atom is 0.328 e. The van der Waals surface area contributed by atoms with Crippen LogP contribution in [0.3, 0.4) is 0 Å². The molecule has 0 saturated heterocycles. The van der Waals surface area contributed by atoms with Crippen LogP contribution in [0.15, 0.2) is 42.5 Å². The summed E-state index contributed by atoms with van der Waals surface area (Å²) in [5.41, 5.74) is 0.566. The summed E-state index contributed by atoms with van der Waals surface area (Å²) >= 11 is 0. The van der Waals surface area contributed by atoms with E-state index < -0.39 is 12.0 Å². The molecule has 1 unspecified atom stereocenters. The van der Waals surface area contributed by atoms with Crippen LogP contribution >= 0.6 is 0 Å². The van der Waals surface area contributed by atoms with Gasteiger partial charge in [-0.15, -0.1) is 0 Å². The van der Waals surface area contributed by atoms with Crippen LogP contribution in [0.4, 0.5) is 0 Å². The molecule has 2 aromatic rings. The molecular formula is C18H21NO3. The molecule has 0 fully saturated rings. The average molecular weight is 299 g/mol. The first-order chi connectivity index (χ1) is 10.5. The maximum absolute atomic E-state index is 12.6. The number of carbonyl (C=O) groups is 2. The van der Waals surface area contributed by atoms with Gasteiger partial charge >= 0.3 is 5.97 Å². The Hall–Kier alpha value is -2.36. The van der Waals surface area contributed by atoms with Gasteiger partial charge in [0.15, 0.2) is 0 Å². The summed E-state index contributed by atoms with van der Waals surface area (Å²) in [6.07, 6.45) is 0.545. The number of amides is 1. The molecule has 0 aromatic heterocycles. The summed E-state index contributed by atoms with van der Waals surface area (Å²) in [7, 11) is 1.33. The van der Waals surface area contributed by atoms with E-state index in [9.17, 15) is 9.59 Å². The van der Waals surface area contributed by atoms with Gasteiger partial charge < -0.3 is 10.1 Å². The maximum atomic E-state index is 12.6.